The molecule has 3 rings (SSSR count). The van der Waals surface area contributed by atoms with Crippen molar-refractivity contribution in [1.29, 1.82) is 0 Å². The van der Waals surface area contributed by atoms with Crippen LogP contribution < -0.4 is 5.32 Å². The minimum atomic E-state index is -0.242. The van der Waals surface area contributed by atoms with Gasteiger partial charge in [0.05, 0.1) is 11.5 Å². The van der Waals surface area contributed by atoms with Crippen LogP contribution in [0.1, 0.15) is 5.56 Å². The summed E-state index contributed by atoms with van der Waals surface area (Å²) in [5, 5.41) is 3.48. The summed E-state index contributed by atoms with van der Waals surface area (Å²) in [6.07, 6.45) is 0. The third-order valence-corrected chi connectivity index (χ3v) is 4.46. The van der Waals surface area contributed by atoms with Crippen molar-refractivity contribution >= 4 is 39.9 Å². The third-order valence-electron chi connectivity index (χ3n) is 3.13. The topological polar surface area (TPSA) is 38.3 Å². The van der Waals surface area contributed by atoms with E-state index in [9.17, 15) is 4.79 Å². The monoisotopic (exact) mass is 331 g/mol. The van der Waals surface area contributed by atoms with Gasteiger partial charge in [-0.1, -0.05) is 41.9 Å². The maximum absolute atomic E-state index is 12.5. The van der Waals surface area contributed by atoms with Crippen molar-refractivity contribution in [3.05, 3.63) is 70.9 Å². The Bertz CT molecular complexity index is 698. The summed E-state index contributed by atoms with van der Waals surface area (Å²) in [6.45, 7) is 0.532. The SMILES string of the molecule is O=C(Nc1ccc(Cl)cc1)C1=C(c2ccccc2)SCCO1. The van der Waals surface area contributed by atoms with Crippen molar-refractivity contribution < 1.29 is 9.53 Å². The molecule has 0 atom stereocenters. The highest BCUT2D eigenvalue weighted by molar-refractivity contribution is 8.08. The number of hydrogen-bond acceptors (Lipinski definition) is 3. The molecule has 0 spiro atoms. The number of benzene rings is 2. The second-order valence-electron chi connectivity index (χ2n) is 4.68. The normalized spacial score (nSPS) is 14.4. The van der Waals surface area contributed by atoms with E-state index < -0.39 is 0 Å². The maximum atomic E-state index is 12.5. The largest absolute Gasteiger partial charge is 0.486 e. The standard InChI is InChI=1S/C17H14ClNO2S/c18-13-6-8-14(9-7-13)19-17(20)15-16(22-11-10-21-15)12-4-2-1-3-5-12/h1-9H,10-11H2,(H,19,20). The lowest BCUT2D eigenvalue weighted by Crippen LogP contribution is -2.21. The summed E-state index contributed by atoms with van der Waals surface area (Å²) < 4.78 is 5.62. The summed E-state index contributed by atoms with van der Waals surface area (Å²) in [6, 6.07) is 16.8. The molecule has 1 heterocycles. The highest BCUT2D eigenvalue weighted by Crippen LogP contribution is 2.35. The van der Waals surface area contributed by atoms with Crippen LogP contribution in [0.15, 0.2) is 60.4 Å². The zero-order valence-electron chi connectivity index (χ0n) is 11.7. The third kappa shape index (κ3) is 3.46. The zero-order valence-corrected chi connectivity index (χ0v) is 13.3. The van der Waals surface area contributed by atoms with Gasteiger partial charge < -0.3 is 10.1 Å². The number of amides is 1. The Morgan fingerprint density at radius 3 is 2.55 bits per heavy atom. The second-order valence-corrected chi connectivity index (χ2v) is 6.22. The maximum Gasteiger partial charge on any atom is 0.291 e. The van der Waals surface area contributed by atoms with E-state index >= 15 is 0 Å². The van der Waals surface area contributed by atoms with E-state index in [-0.39, 0.29) is 5.91 Å². The van der Waals surface area contributed by atoms with Crippen LogP contribution in [0.3, 0.4) is 0 Å². The van der Waals surface area contributed by atoms with Gasteiger partial charge in [0.25, 0.3) is 5.91 Å². The summed E-state index contributed by atoms with van der Waals surface area (Å²) in [7, 11) is 0. The van der Waals surface area contributed by atoms with Gasteiger partial charge in [-0.05, 0) is 29.8 Å². The number of anilines is 1. The Kier molecular flexibility index (Phi) is 4.71. The molecular formula is C17H14ClNO2S. The van der Waals surface area contributed by atoms with E-state index in [4.69, 9.17) is 16.3 Å². The number of carbonyl (C=O) groups excluding carboxylic acids is 1. The molecule has 2 aromatic rings. The Hall–Kier alpha value is -1.91. The minimum Gasteiger partial charge on any atom is -0.486 e. The van der Waals surface area contributed by atoms with Gasteiger partial charge >= 0.3 is 0 Å². The van der Waals surface area contributed by atoms with Crippen molar-refractivity contribution in [3.8, 4) is 0 Å². The number of rotatable bonds is 3. The van der Waals surface area contributed by atoms with Crippen LogP contribution >= 0.6 is 23.4 Å². The first-order valence-corrected chi connectivity index (χ1v) is 8.22. The fraction of sp³-hybridized carbons (Fsp3) is 0.118. The van der Waals surface area contributed by atoms with Crippen LogP contribution in [0, 0.1) is 0 Å². The lowest BCUT2D eigenvalue weighted by atomic mass is 10.2. The second kappa shape index (κ2) is 6.90. The molecule has 112 valence electrons. The zero-order chi connectivity index (χ0) is 15.4. The van der Waals surface area contributed by atoms with E-state index in [1.165, 1.54) is 0 Å². The number of halogens is 1. The van der Waals surface area contributed by atoms with Gasteiger partial charge in [-0.25, -0.2) is 0 Å². The number of nitrogens with one attached hydrogen (secondary N) is 1. The molecule has 22 heavy (non-hydrogen) atoms. The molecular weight excluding hydrogens is 318 g/mol. The fourth-order valence-corrected chi connectivity index (χ4v) is 3.19. The van der Waals surface area contributed by atoms with Crippen LogP contribution in [-0.2, 0) is 9.53 Å². The van der Waals surface area contributed by atoms with Crippen LogP contribution in [0.5, 0.6) is 0 Å². The van der Waals surface area contributed by atoms with Crippen molar-refractivity contribution in [1.82, 2.24) is 0 Å². The van der Waals surface area contributed by atoms with Gasteiger partial charge in [-0.15, -0.1) is 11.8 Å². The average Bonchev–Trinajstić information content (AvgIpc) is 2.58. The molecule has 0 aliphatic carbocycles. The molecule has 0 unspecified atom stereocenters. The first kappa shape index (κ1) is 15.0. The highest BCUT2D eigenvalue weighted by Gasteiger charge is 2.22. The first-order valence-electron chi connectivity index (χ1n) is 6.86. The van der Waals surface area contributed by atoms with E-state index in [2.05, 4.69) is 5.32 Å². The first-order chi connectivity index (χ1) is 10.7. The Morgan fingerprint density at radius 2 is 1.82 bits per heavy atom. The van der Waals surface area contributed by atoms with Crippen LogP contribution in [0.2, 0.25) is 5.02 Å². The molecule has 0 aromatic heterocycles. The van der Waals surface area contributed by atoms with Crippen molar-refractivity contribution in [2.24, 2.45) is 0 Å². The molecule has 1 aliphatic heterocycles. The molecule has 1 N–H and O–H groups in total. The smallest absolute Gasteiger partial charge is 0.291 e. The van der Waals surface area contributed by atoms with Gasteiger partial charge in [0.1, 0.15) is 0 Å². The number of carbonyl (C=O) groups is 1. The molecule has 1 aliphatic rings. The molecule has 3 nitrogen and oxygen atoms in total. The number of hydrogen-bond donors (Lipinski definition) is 1. The quantitative estimate of drug-likeness (QED) is 0.905. The van der Waals surface area contributed by atoms with Gasteiger partial charge in [0.2, 0.25) is 0 Å². The van der Waals surface area contributed by atoms with Gasteiger partial charge in [0, 0.05) is 16.5 Å². The Morgan fingerprint density at radius 1 is 1.09 bits per heavy atom. The molecule has 2 aromatic carbocycles. The lowest BCUT2D eigenvalue weighted by molar-refractivity contribution is -0.115. The van der Waals surface area contributed by atoms with Crippen molar-refractivity contribution in [2.75, 3.05) is 17.7 Å². The number of thioether (sulfide) groups is 1. The van der Waals surface area contributed by atoms with Gasteiger partial charge in [0.15, 0.2) is 5.76 Å². The van der Waals surface area contributed by atoms with Crippen LogP contribution in [0.4, 0.5) is 5.69 Å². The van der Waals surface area contributed by atoms with E-state index in [0.29, 0.717) is 23.1 Å². The van der Waals surface area contributed by atoms with Crippen molar-refractivity contribution in [3.63, 3.8) is 0 Å². The molecule has 0 fully saturated rings. The van der Waals surface area contributed by atoms with Gasteiger partial charge in [-0.2, -0.15) is 0 Å². The van der Waals surface area contributed by atoms with Crippen LogP contribution in [0.25, 0.3) is 4.91 Å². The lowest BCUT2D eigenvalue weighted by Gasteiger charge is -2.20. The summed E-state index contributed by atoms with van der Waals surface area (Å²) in [4.78, 5) is 13.4. The molecule has 0 saturated carbocycles. The predicted molar refractivity (Wildman–Crippen MR) is 91.9 cm³/mol. The summed E-state index contributed by atoms with van der Waals surface area (Å²) in [5.41, 5.74) is 1.68. The number of ether oxygens (including phenoxy) is 1. The van der Waals surface area contributed by atoms with E-state index in [1.807, 2.05) is 30.3 Å². The Balaban J connectivity index is 1.87. The van der Waals surface area contributed by atoms with E-state index in [0.717, 1.165) is 16.2 Å². The summed E-state index contributed by atoms with van der Waals surface area (Å²) >= 11 is 7.49. The van der Waals surface area contributed by atoms with Crippen LogP contribution in [-0.4, -0.2) is 18.3 Å². The highest BCUT2D eigenvalue weighted by atomic mass is 35.5. The van der Waals surface area contributed by atoms with Gasteiger partial charge in [-0.3, -0.25) is 4.79 Å². The summed E-state index contributed by atoms with van der Waals surface area (Å²) in [5.74, 6) is 0.966. The predicted octanol–water partition coefficient (Wildman–Crippen LogP) is 4.41. The van der Waals surface area contributed by atoms with E-state index in [1.54, 1.807) is 36.0 Å². The minimum absolute atomic E-state index is 0.242. The Labute approximate surface area is 138 Å². The average molecular weight is 332 g/mol. The molecule has 1 amide bonds. The molecule has 0 bridgehead atoms. The fourth-order valence-electron chi connectivity index (χ4n) is 2.11. The molecule has 0 saturated heterocycles. The molecule has 0 radical (unpaired) electrons. The molecule has 5 heteroatoms. The van der Waals surface area contributed by atoms with Crippen molar-refractivity contribution in [2.45, 2.75) is 0 Å².